The van der Waals surface area contributed by atoms with Gasteiger partial charge in [-0.1, -0.05) is 26.2 Å². The molecule has 1 heterocycles. The van der Waals surface area contributed by atoms with E-state index in [-0.39, 0.29) is 6.03 Å². The van der Waals surface area contributed by atoms with E-state index in [0.717, 1.165) is 26.1 Å². The van der Waals surface area contributed by atoms with Crippen LogP contribution in [-0.4, -0.2) is 30.6 Å². The standard InChI is InChI=1S/C14H26N2O/c1-2-10-15-13(17)16-11-8-14(9-12-16)6-4-3-5-7-14/h2-12H2,1H3,(H,15,17). The maximum Gasteiger partial charge on any atom is 0.317 e. The minimum absolute atomic E-state index is 0.150. The van der Waals surface area contributed by atoms with Gasteiger partial charge in [0, 0.05) is 19.6 Å². The van der Waals surface area contributed by atoms with Gasteiger partial charge in [-0.25, -0.2) is 4.79 Å². The number of rotatable bonds is 2. The molecule has 2 aliphatic rings. The Balaban J connectivity index is 1.78. The molecule has 0 unspecified atom stereocenters. The average molecular weight is 238 g/mol. The number of likely N-dealkylation sites (tertiary alicyclic amines) is 1. The van der Waals surface area contributed by atoms with E-state index in [9.17, 15) is 4.79 Å². The van der Waals surface area contributed by atoms with E-state index in [1.165, 1.54) is 44.9 Å². The molecule has 3 nitrogen and oxygen atoms in total. The molecule has 98 valence electrons. The van der Waals surface area contributed by atoms with Gasteiger partial charge in [0.25, 0.3) is 0 Å². The van der Waals surface area contributed by atoms with Crippen LogP contribution in [0.15, 0.2) is 0 Å². The summed E-state index contributed by atoms with van der Waals surface area (Å²) in [6, 6.07) is 0.150. The molecule has 0 aromatic carbocycles. The van der Waals surface area contributed by atoms with E-state index in [4.69, 9.17) is 0 Å². The first-order valence-corrected chi connectivity index (χ1v) is 7.29. The number of hydrogen-bond acceptors (Lipinski definition) is 1. The lowest BCUT2D eigenvalue weighted by Gasteiger charge is -2.44. The van der Waals surface area contributed by atoms with Crippen LogP contribution in [-0.2, 0) is 0 Å². The van der Waals surface area contributed by atoms with E-state index < -0.39 is 0 Å². The molecule has 0 aromatic rings. The van der Waals surface area contributed by atoms with E-state index in [1.807, 2.05) is 4.90 Å². The normalized spacial score (nSPS) is 23.7. The lowest BCUT2D eigenvalue weighted by molar-refractivity contribution is 0.0813. The van der Waals surface area contributed by atoms with Crippen molar-refractivity contribution < 1.29 is 4.79 Å². The maximum absolute atomic E-state index is 11.8. The number of amides is 2. The zero-order valence-corrected chi connectivity index (χ0v) is 11.1. The average Bonchev–Trinajstić information content (AvgIpc) is 2.38. The molecule has 17 heavy (non-hydrogen) atoms. The van der Waals surface area contributed by atoms with Gasteiger partial charge in [-0.2, -0.15) is 0 Å². The van der Waals surface area contributed by atoms with Crippen molar-refractivity contribution in [3.05, 3.63) is 0 Å². The second-order valence-electron chi connectivity index (χ2n) is 5.78. The fraction of sp³-hybridized carbons (Fsp3) is 0.929. The highest BCUT2D eigenvalue weighted by atomic mass is 16.2. The molecule has 0 radical (unpaired) electrons. The van der Waals surface area contributed by atoms with Crippen LogP contribution in [0.4, 0.5) is 4.79 Å². The molecule has 1 aliphatic heterocycles. The summed E-state index contributed by atoms with van der Waals surface area (Å²) in [7, 11) is 0. The summed E-state index contributed by atoms with van der Waals surface area (Å²) in [6.07, 6.45) is 10.5. The molecule has 2 rings (SSSR count). The van der Waals surface area contributed by atoms with Crippen LogP contribution in [0.25, 0.3) is 0 Å². The quantitative estimate of drug-likeness (QED) is 0.787. The summed E-state index contributed by atoms with van der Waals surface area (Å²) in [4.78, 5) is 13.9. The van der Waals surface area contributed by atoms with Gasteiger partial charge in [-0.05, 0) is 37.5 Å². The summed E-state index contributed by atoms with van der Waals surface area (Å²) >= 11 is 0. The smallest absolute Gasteiger partial charge is 0.317 e. The summed E-state index contributed by atoms with van der Waals surface area (Å²) in [5, 5.41) is 2.98. The van der Waals surface area contributed by atoms with E-state index in [2.05, 4.69) is 12.2 Å². The third-order valence-electron chi connectivity index (χ3n) is 4.55. The number of hydrogen-bond donors (Lipinski definition) is 1. The Bertz CT molecular complexity index is 249. The molecule has 1 spiro atoms. The summed E-state index contributed by atoms with van der Waals surface area (Å²) in [6.45, 7) is 4.83. The minimum atomic E-state index is 0.150. The van der Waals surface area contributed by atoms with Crippen LogP contribution < -0.4 is 5.32 Å². The van der Waals surface area contributed by atoms with Crippen molar-refractivity contribution in [2.75, 3.05) is 19.6 Å². The van der Waals surface area contributed by atoms with Crippen LogP contribution in [0.3, 0.4) is 0 Å². The Labute approximate surface area is 105 Å². The SMILES string of the molecule is CCCNC(=O)N1CCC2(CCCCC2)CC1. The van der Waals surface area contributed by atoms with Crippen molar-refractivity contribution in [3.63, 3.8) is 0 Å². The van der Waals surface area contributed by atoms with Gasteiger partial charge in [-0.3, -0.25) is 0 Å². The molecule has 1 saturated heterocycles. The summed E-state index contributed by atoms with van der Waals surface area (Å²) in [5.41, 5.74) is 0.597. The molecule has 2 fully saturated rings. The molecule has 3 heteroatoms. The fourth-order valence-corrected chi connectivity index (χ4v) is 3.33. The first kappa shape index (κ1) is 12.7. The second-order valence-corrected chi connectivity index (χ2v) is 5.78. The number of piperidine rings is 1. The van der Waals surface area contributed by atoms with Crippen molar-refractivity contribution in [3.8, 4) is 0 Å². The Hall–Kier alpha value is -0.730. The highest BCUT2D eigenvalue weighted by molar-refractivity contribution is 5.74. The molecular formula is C14H26N2O. The number of urea groups is 1. The van der Waals surface area contributed by atoms with Crippen LogP contribution in [0.1, 0.15) is 58.3 Å². The largest absolute Gasteiger partial charge is 0.338 e. The Morgan fingerprint density at radius 2 is 1.76 bits per heavy atom. The molecule has 0 atom stereocenters. The predicted molar refractivity (Wildman–Crippen MR) is 70.0 cm³/mol. The first-order chi connectivity index (χ1) is 8.26. The lowest BCUT2D eigenvalue weighted by Crippen LogP contribution is -2.47. The fourth-order valence-electron chi connectivity index (χ4n) is 3.33. The highest BCUT2D eigenvalue weighted by Gasteiger charge is 2.36. The number of carbonyl (C=O) groups excluding carboxylic acids is 1. The zero-order chi connectivity index (χ0) is 12.1. The Morgan fingerprint density at radius 1 is 1.12 bits per heavy atom. The first-order valence-electron chi connectivity index (χ1n) is 7.29. The van der Waals surface area contributed by atoms with E-state index in [0.29, 0.717) is 5.41 Å². The molecular weight excluding hydrogens is 212 g/mol. The third kappa shape index (κ3) is 3.14. The van der Waals surface area contributed by atoms with Gasteiger partial charge in [0.05, 0.1) is 0 Å². The molecule has 0 aromatic heterocycles. The summed E-state index contributed by atoms with van der Waals surface area (Å²) in [5.74, 6) is 0. The van der Waals surface area contributed by atoms with Crippen LogP contribution in [0.5, 0.6) is 0 Å². The summed E-state index contributed by atoms with van der Waals surface area (Å²) < 4.78 is 0. The van der Waals surface area contributed by atoms with Crippen molar-refractivity contribution in [1.29, 1.82) is 0 Å². The van der Waals surface area contributed by atoms with Gasteiger partial charge in [0.1, 0.15) is 0 Å². The molecule has 0 bridgehead atoms. The third-order valence-corrected chi connectivity index (χ3v) is 4.55. The zero-order valence-electron chi connectivity index (χ0n) is 11.1. The highest BCUT2D eigenvalue weighted by Crippen LogP contribution is 2.44. The monoisotopic (exact) mass is 238 g/mol. The Morgan fingerprint density at radius 3 is 2.35 bits per heavy atom. The van der Waals surface area contributed by atoms with Crippen molar-refractivity contribution in [2.24, 2.45) is 5.41 Å². The lowest BCUT2D eigenvalue weighted by atomic mass is 9.68. The van der Waals surface area contributed by atoms with Gasteiger partial charge < -0.3 is 10.2 Å². The minimum Gasteiger partial charge on any atom is -0.338 e. The van der Waals surface area contributed by atoms with Crippen LogP contribution >= 0.6 is 0 Å². The number of carbonyl (C=O) groups is 1. The predicted octanol–water partition coefficient (Wildman–Crippen LogP) is 3.15. The van der Waals surface area contributed by atoms with Gasteiger partial charge in [-0.15, -0.1) is 0 Å². The molecule has 1 saturated carbocycles. The number of nitrogens with zero attached hydrogens (tertiary/aromatic N) is 1. The maximum atomic E-state index is 11.8. The topological polar surface area (TPSA) is 32.3 Å². The molecule has 1 aliphatic carbocycles. The van der Waals surface area contributed by atoms with Gasteiger partial charge >= 0.3 is 6.03 Å². The van der Waals surface area contributed by atoms with Gasteiger partial charge in [0.2, 0.25) is 0 Å². The molecule has 1 N–H and O–H groups in total. The van der Waals surface area contributed by atoms with E-state index in [1.54, 1.807) is 0 Å². The number of nitrogens with one attached hydrogen (secondary N) is 1. The van der Waals surface area contributed by atoms with Crippen molar-refractivity contribution >= 4 is 6.03 Å². The van der Waals surface area contributed by atoms with Gasteiger partial charge in [0.15, 0.2) is 0 Å². The van der Waals surface area contributed by atoms with Crippen LogP contribution in [0.2, 0.25) is 0 Å². The van der Waals surface area contributed by atoms with E-state index >= 15 is 0 Å². The van der Waals surface area contributed by atoms with Crippen LogP contribution in [0, 0.1) is 5.41 Å². The van der Waals surface area contributed by atoms with Crippen molar-refractivity contribution in [1.82, 2.24) is 10.2 Å². The molecule has 2 amide bonds. The Kier molecular flexibility index (Phi) is 4.30. The van der Waals surface area contributed by atoms with Crippen molar-refractivity contribution in [2.45, 2.75) is 58.3 Å². The second kappa shape index (κ2) is 5.74.